The maximum absolute atomic E-state index is 12.5. The first kappa shape index (κ1) is 13.4. The highest BCUT2D eigenvalue weighted by Gasteiger charge is 2.16. The molecule has 0 spiro atoms. The fourth-order valence-corrected chi connectivity index (χ4v) is 2.89. The summed E-state index contributed by atoms with van der Waals surface area (Å²) in [6, 6.07) is 3.31. The van der Waals surface area contributed by atoms with E-state index >= 15 is 0 Å². The van der Waals surface area contributed by atoms with Gasteiger partial charge in [0.05, 0.1) is 0 Å². The summed E-state index contributed by atoms with van der Waals surface area (Å²) < 4.78 is 1.47. The minimum absolute atomic E-state index is 0.0187. The van der Waals surface area contributed by atoms with Crippen molar-refractivity contribution in [1.29, 1.82) is 0 Å². The van der Waals surface area contributed by atoms with Gasteiger partial charge in [0.2, 0.25) is 0 Å². The molecule has 3 aromatic rings. The number of amides is 1. The van der Waals surface area contributed by atoms with Gasteiger partial charge in [-0.3, -0.25) is 19.0 Å². The van der Waals surface area contributed by atoms with E-state index in [1.165, 1.54) is 21.9 Å². The third-order valence-corrected chi connectivity index (χ3v) is 4.27. The summed E-state index contributed by atoms with van der Waals surface area (Å²) in [5, 5.41) is 2.66. The highest BCUT2D eigenvalue weighted by atomic mass is 32.1. The van der Waals surface area contributed by atoms with E-state index in [1.807, 2.05) is 13.8 Å². The molecule has 0 radical (unpaired) electrons. The average Bonchev–Trinajstić information content (AvgIpc) is 2.76. The van der Waals surface area contributed by atoms with Crippen LogP contribution in [-0.4, -0.2) is 20.3 Å². The summed E-state index contributed by atoms with van der Waals surface area (Å²) in [7, 11) is 0. The molecule has 0 saturated heterocycles. The zero-order valence-corrected chi connectivity index (χ0v) is 12.3. The van der Waals surface area contributed by atoms with Gasteiger partial charge >= 0.3 is 0 Å². The number of fused-ring (bicyclic) bond motifs is 1. The quantitative estimate of drug-likeness (QED) is 0.785. The number of anilines is 1. The van der Waals surface area contributed by atoms with E-state index in [0.717, 1.165) is 10.6 Å². The Morgan fingerprint density at radius 2 is 2.00 bits per heavy atom. The lowest BCUT2D eigenvalue weighted by molar-refractivity contribution is 0.102. The van der Waals surface area contributed by atoms with Crippen molar-refractivity contribution < 1.29 is 4.79 Å². The Morgan fingerprint density at radius 1 is 1.29 bits per heavy atom. The Morgan fingerprint density at radius 3 is 2.71 bits per heavy atom. The van der Waals surface area contributed by atoms with E-state index in [0.29, 0.717) is 10.6 Å². The van der Waals surface area contributed by atoms with E-state index in [-0.39, 0.29) is 11.1 Å². The normalized spacial score (nSPS) is 10.8. The van der Waals surface area contributed by atoms with Crippen LogP contribution < -0.4 is 10.9 Å². The minimum Gasteiger partial charge on any atom is -0.322 e. The fraction of sp³-hybridized carbons (Fsp3) is 0.143. The van der Waals surface area contributed by atoms with Crippen LogP contribution in [0.1, 0.15) is 20.9 Å². The average molecular weight is 300 g/mol. The van der Waals surface area contributed by atoms with Gasteiger partial charge in [-0.05, 0) is 26.0 Å². The summed E-state index contributed by atoms with van der Waals surface area (Å²) in [6.45, 7) is 3.76. The van der Waals surface area contributed by atoms with E-state index in [2.05, 4.69) is 15.3 Å². The van der Waals surface area contributed by atoms with Crippen LogP contribution in [0.15, 0.2) is 35.5 Å². The molecule has 21 heavy (non-hydrogen) atoms. The third kappa shape index (κ3) is 2.31. The highest BCUT2D eigenvalue weighted by molar-refractivity contribution is 7.17. The number of rotatable bonds is 2. The molecule has 0 unspecified atom stereocenters. The van der Waals surface area contributed by atoms with E-state index < -0.39 is 5.91 Å². The molecule has 0 bridgehead atoms. The van der Waals surface area contributed by atoms with Gasteiger partial charge in [0.1, 0.15) is 5.56 Å². The number of aryl methyl sites for hydroxylation is 2. The fourth-order valence-electron chi connectivity index (χ4n) is 1.97. The summed E-state index contributed by atoms with van der Waals surface area (Å²) >= 11 is 1.43. The predicted molar refractivity (Wildman–Crippen MR) is 81.0 cm³/mol. The van der Waals surface area contributed by atoms with Crippen LogP contribution in [0.2, 0.25) is 0 Å². The minimum atomic E-state index is -0.476. The summed E-state index contributed by atoms with van der Waals surface area (Å²) in [6.07, 6.45) is 4.45. The Bertz CT molecular complexity index is 883. The number of thiazole rings is 1. The molecule has 3 heterocycles. The molecule has 3 rings (SSSR count). The summed E-state index contributed by atoms with van der Waals surface area (Å²) in [5.41, 5.74) is 1.06. The first-order chi connectivity index (χ1) is 10.1. The molecule has 3 aromatic heterocycles. The monoisotopic (exact) mass is 300 g/mol. The number of carbonyl (C=O) groups excluding carboxylic acids is 1. The Balaban J connectivity index is 2.05. The number of carbonyl (C=O) groups is 1. The second-order valence-corrected chi connectivity index (χ2v) is 5.71. The van der Waals surface area contributed by atoms with Gasteiger partial charge in [-0.1, -0.05) is 0 Å². The standard InChI is InChI=1S/C14H12N4O2S/c1-8-9(2)21-14-16-7-11(13(20)18(8)14)12(19)17-10-3-5-15-6-4-10/h3-7H,1-2H3,(H,15,17,19). The SMILES string of the molecule is Cc1sc2ncc(C(=O)Nc3ccncc3)c(=O)n2c1C. The molecule has 0 fully saturated rings. The summed E-state index contributed by atoms with van der Waals surface area (Å²) in [5.74, 6) is -0.476. The third-order valence-electron chi connectivity index (χ3n) is 3.20. The van der Waals surface area contributed by atoms with Crippen molar-refractivity contribution in [2.45, 2.75) is 13.8 Å². The largest absolute Gasteiger partial charge is 0.322 e. The maximum Gasteiger partial charge on any atom is 0.271 e. The van der Waals surface area contributed by atoms with Crippen LogP contribution in [0.25, 0.3) is 4.96 Å². The zero-order chi connectivity index (χ0) is 15.0. The number of pyridine rings is 1. The lowest BCUT2D eigenvalue weighted by Crippen LogP contribution is -2.26. The molecule has 1 amide bonds. The van der Waals surface area contributed by atoms with E-state index in [1.54, 1.807) is 24.5 Å². The molecule has 6 nitrogen and oxygen atoms in total. The van der Waals surface area contributed by atoms with Crippen LogP contribution in [0.4, 0.5) is 5.69 Å². The van der Waals surface area contributed by atoms with Crippen molar-refractivity contribution in [2.24, 2.45) is 0 Å². The van der Waals surface area contributed by atoms with Gasteiger partial charge in [0.25, 0.3) is 11.5 Å². The second kappa shape index (κ2) is 5.10. The second-order valence-electron chi connectivity index (χ2n) is 4.53. The zero-order valence-electron chi connectivity index (χ0n) is 11.5. The molecule has 7 heteroatoms. The molecular formula is C14H12N4O2S. The van der Waals surface area contributed by atoms with Crippen molar-refractivity contribution >= 4 is 27.9 Å². The van der Waals surface area contributed by atoms with Crippen molar-refractivity contribution in [2.75, 3.05) is 5.32 Å². The number of nitrogens with one attached hydrogen (secondary N) is 1. The van der Waals surface area contributed by atoms with Gasteiger partial charge in [-0.2, -0.15) is 0 Å². The maximum atomic E-state index is 12.5. The predicted octanol–water partition coefficient (Wildman–Crippen LogP) is 2.02. The topological polar surface area (TPSA) is 76.4 Å². The van der Waals surface area contributed by atoms with E-state index in [9.17, 15) is 9.59 Å². The van der Waals surface area contributed by atoms with Gasteiger partial charge in [0, 0.05) is 34.8 Å². The number of aromatic nitrogens is 3. The van der Waals surface area contributed by atoms with Crippen molar-refractivity contribution in [3.05, 3.63) is 57.2 Å². The first-order valence-electron chi connectivity index (χ1n) is 6.27. The highest BCUT2D eigenvalue weighted by Crippen LogP contribution is 2.18. The molecule has 1 N–H and O–H groups in total. The van der Waals surface area contributed by atoms with Crippen molar-refractivity contribution in [3.8, 4) is 0 Å². The Labute approximate surface area is 124 Å². The van der Waals surface area contributed by atoms with Gasteiger partial charge in [-0.15, -0.1) is 11.3 Å². The lowest BCUT2D eigenvalue weighted by Gasteiger charge is -2.04. The lowest BCUT2D eigenvalue weighted by atomic mass is 10.3. The molecule has 0 aliphatic carbocycles. The van der Waals surface area contributed by atoms with Crippen LogP contribution in [0, 0.1) is 13.8 Å². The molecule has 106 valence electrons. The van der Waals surface area contributed by atoms with Gasteiger partial charge in [-0.25, -0.2) is 4.98 Å². The number of hydrogen-bond donors (Lipinski definition) is 1. The number of nitrogens with zero attached hydrogens (tertiary/aromatic N) is 3. The van der Waals surface area contributed by atoms with Crippen LogP contribution in [0.3, 0.4) is 0 Å². The Kier molecular flexibility index (Phi) is 3.26. The molecular weight excluding hydrogens is 288 g/mol. The smallest absolute Gasteiger partial charge is 0.271 e. The van der Waals surface area contributed by atoms with Gasteiger partial charge in [0.15, 0.2) is 4.96 Å². The Hall–Kier alpha value is -2.54. The molecule has 0 aliphatic heterocycles. The van der Waals surface area contributed by atoms with Crippen LogP contribution in [-0.2, 0) is 0 Å². The van der Waals surface area contributed by atoms with Crippen molar-refractivity contribution in [1.82, 2.24) is 14.4 Å². The van der Waals surface area contributed by atoms with Crippen LogP contribution >= 0.6 is 11.3 Å². The van der Waals surface area contributed by atoms with Crippen molar-refractivity contribution in [3.63, 3.8) is 0 Å². The molecule has 0 aliphatic rings. The van der Waals surface area contributed by atoms with Crippen LogP contribution in [0.5, 0.6) is 0 Å². The molecule has 0 saturated carbocycles. The van der Waals surface area contributed by atoms with E-state index in [4.69, 9.17) is 0 Å². The molecule has 0 atom stereocenters. The summed E-state index contributed by atoms with van der Waals surface area (Å²) in [4.78, 5) is 34.3. The van der Waals surface area contributed by atoms with Gasteiger partial charge < -0.3 is 5.32 Å². The first-order valence-corrected chi connectivity index (χ1v) is 7.08. The number of hydrogen-bond acceptors (Lipinski definition) is 5. The molecule has 0 aromatic carbocycles.